The van der Waals surface area contributed by atoms with Gasteiger partial charge in [0, 0.05) is 6.42 Å². The Hall–Kier alpha value is -1.06. The standard InChI is InChI=1S/C26H46O4/c27-24(28)20-10-8-6-4-2-1-3-5-7-9-15-21-26(25(29)30,22-16-11-12-17-22)23-18-13-14-19-23/h22-23H,1-21H2,(H,27,28)(H,29,30). The molecule has 0 aliphatic heterocycles. The Bertz CT molecular complexity index is 473. The van der Waals surface area contributed by atoms with Crippen LogP contribution in [-0.4, -0.2) is 22.2 Å². The highest BCUT2D eigenvalue weighted by atomic mass is 16.4. The third kappa shape index (κ3) is 7.89. The molecule has 0 spiro atoms. The first-order valence-corrected chi connectivity index (χ1v) is 13.0. The molecule has 0 aromatic rings. The van der Waals surface area contributed by atoms with Crippen molar-refractivity contribution in [3.8, 4) is 0 Å². The van der Waals surface area contributed by atoms with Crippen LogP contribution >= 0.6 is 0 Å². The number of carbonyl (C=O) groups is 2. The monoisotopic (exact) mass is 422 g/mol. The van der Waals surface area contributed by atoms with Crippen molar-refractivity contribution in [1.82, 2.24) is 0 Å². The minimum Gasteiger partial charge on any atom is -0.481 e. The Morgan fingerprint density at radius 1 is 0.600 bits per heavy atom. The zero-order valence-corrected chi connectivity index (χ0v) is 19.2. The van der Waals surface area contributed by atoms with Gasteiger partial charge >= 0.3 is 11.9 Å². The predicted octanol–water partition coefficient (Wildman–Crippen LogP) is 7.59. The number of aliphatic carboxylic acids is 2. The van der Waals surface area contributed by atoms with Crippen molar-refractivity contribution >= 4 is 11.9 Å². The van der Waals surface area contributed by atoms with Gasteiger partial charge in [-0.1, -0.05) is 89.9 Å². The summed E-state index contributed by atoms with van der Waals surface area (Å²) < 4.78 is 0. The first-order valence-electron chi connectivity index (χ1n) is 13.0. The van der Waals surface area contributed by atoms with Crippen LogP contribution in [0.15, 0.2) is 0 Å². The van der Waals surface area contributed by atoms with Crippen LogP contribution in [0.25, 0.3) is 0 Å². The molecule has 30 heavy (non-hydrogen) atoms. The van der Waals surface area contributed by atoms with E-state index < -0.39 is 17.4 Å². The average Bonchev–Trinajstić information content (AvgIpc) is 3.43. The minimum absolute atomic E-state index is 0.310. The fourth-order valence-electron chi connectivity index (χ4n) is 6.36. The highest BCUT2D eigenvalue weighted by Crippen LogP contribution is 2.53. The highest BCUT2D eigenvalue weighted by Gasteiger charge is 2.51. The second-order valence-electron chi connectivity index (χ2n) is 10.1. The maximum absolute atomic E-state index is 12.5. The van der Waals surface area contributed by atoms with Gasteiger partial charge in [-0.25, -0.2) is 0 Å². The van der Waals surface area contributed by atoms with Crippen molar-refractivity contribution in [2.45, 2.75) is 135 Å². The molecule has 0 heterocycles. The van der Waals surface area contributed by atoms with E-state index >= 15 is 0 Å². The lowest BCUT2D eigenvalue weighted by molar-refractivity contribution is -0.158. The van der Waals surface area contributed by atoms with E-state index in [0.717, 1.165) is 57.8 Å². The summed E-state index contributed by atoms with van der Waals surface area (Å²) in [7, 11) is 0. The summed E-state index contributed by atoms with van der Waals surface area (Å²) in [5.74, 6) is -0.311. The summed E-state index contributed by atoms with van der Waals surface area (Å²) in [6.07, 6.45) is 23.5. The Balaban J connectivity index is 1.58. The Morgan fingerprint density at radius 2 is 0.967 bits per heavy atom. The first kappa shape index (κ1) is 25.2. The van der Waals surface area contributed by atoms with Crippen LogP contribution in [-0.2, 0) is 9.59 Å². The minimum atomic E-state index is -0.679. The van der Waals surface area contributed by atoms with Gasteiger partial charge in [-0.3, -0.25) is 9.59 Å². The van der Waals surface area contributed by atoms with Crippen molar-refractivity contribution in [3.05, 3.63) is 0 Å². The largest absolute Gasteiger partial charge is 0.481 e. The lowest BCUT2D eigenvalue weighted by Crippen LogP contribution is -2.43. The van der Waals surface area contributed by atoms with Crippen molar-refractivity contribution in [2.75, 3.05) is 0 Å². The van der Waals surface area contributed by atoms with Gasteiger partial charge in [0.2, 0.25) is 0 Å². The summed E-state index contributed by atoms with van der Waals surface area (Å²) in [6, 6.07) is 0. The third-order valence-corrected chi connectivity index (χ3v) is 8.05. The average molecular weight is 423 g/mol. The molecule has 0 amide bonds. The van der Waals surface area contributed by atoms with Gasteiger partial charge in [0.15, 0.2) is 0 Å². The molecule has 0 unspecified atom stereocenters. The van der Waals surface area contributed by atoms with Gasteiger partial charge in [-0.15, -0.1) is 0 Å². The molecule has 174 valence electrons. The molecule has 2 aliphatic rings. The van der Waals surface area contributed by atoms with Crippen molar-refractivity contribution in [2.24, 2.45) is 17.3 Å². The van der Waals surface area contributed by atoms with Crippen molar-refractivity contribution in [3.63, 3.8) is 0 Å². The summed E-state index contributed by atoms with van der Waals surface area (Å²) in [5, 5.41) is 18.9. The zero-order chi connectivity index (χ0) is 21.7. The number of carboxylic acid groups (broad SMARTS) is 2. The third-order valence-electron chi connectivity index (χ3n) is 8.05. The quantitative estimate of drug-likeness (QED) is 0.237. The first-order chi connectivity index (χ1) is 14.6. The SMILES string of the molecule is O=C(O)CCCCCCCCCCCCCC(C(=O)O)(C1CCCC1)C1CCCC1. The molecule has 4 heteroatoms. The fraction of sp³-hybridized carbons (Fsp3) is 0.923. The number of carboxylic acids is 2. The van der Waals surface area contributed by atoms with E-state index in [4.69, 9.17) is 5.11 Å². The van der Waals surface area contributed by atoms with E-state index in [-0.39, 0.29) is 0 Å². The van der Waals surface area contributed by atoms with Crippen LogP contribution in [0, 0.1) is 17.3 Å². The van der Waals surface area contributed by atoms with E-state index in [1.54, 1.807) is 0 Å². The van der Waals surface area contributed by atoms with Gasteiger partial charge in [0.1, 0.15) is 0 Å². The molecule has 2 aliphatic carbocycles. The number of rotatable bonds is 17. The Kier molecular flexibility index (Phi) is 11.8. The van der Waals surface area contributed by atoms with Crippen LogP contribution in [0.4, 0.5) is 0 Å². The summed E-state index contributed by atoms with van der Waals surface area (Å²) >= 11 is 0. The molecule has 0 saturated heterocycles. The highest BCUT2D eigenvalue weighted by molar-refractivity contribution is 5.75. The number of hydrogen-bond donors (Lipinski definition) is 2. The summed E-state index contributed by atoms with van der Waals surface area (Å²) in [6.45, 7) is 0. The maximum atomic E-state index is 12.5. The van der Waals surface area contributed by atoms with E-state index in [1.807, 2.05) is 0 Å². The van der Waals surface area contributed by atoms with Crippen molar-refractivity contribution < 1.29 is 19.8 Å². The summed E-state index contributed by atoms with van der Waals surface area (Å²) in [5.41, 5.74) is -0.423. The molecule has 2 fully saturated rings. The van der Waals surface area contributed by atoms with E-state index in [1.165, 1.54) is 70.6 Å². The lowest BCUT2D eigenvalue weighted by Gasteiger charge is -2.40. The Morgan fingerprint density at radius 3 is 1.33 bits per heavy atom. The molecule has 2 rings (SSSR count). The topological polar surface area (TPSA) is 74.6 Å². The molecule has 0 radical (unpaired) electrons. The molecular formula is C26H46O4. The maximum Gasteiger partial charge on any atom is 0.310 e. The second-order valence-corrected chi connectivity index (χ2v) is 10.1. The molecule has 0 aromatic carbocycles. The smallest absolute Gasteiger partial charge is 0.310 e. The number of unbranched alkanes of at least 4 members (excludes halogenated alkanes) is 10. The van der Waals surface area contributed by atoms with Gasteiger partial charge in [-0.2, -0.15) is 0 Å². The van der Waals surface area contributed by atoms with Crippen LogP contribution < -0.4 is 0 Å². The van der Waals surface area contributed by atoms with E-state index in [2.05, 4.69) is 0 Å². The van der Waals surface area contributed by atoms with Crippen LogP contribution in [0.3, 0.4) is 0 Å². The van der Waals surface area contributed by atoms with Crippen LogP contribution in [0.2, 0.25) is 0 Å². The predicted molar refractivity (Wildman–Crippen MR) is 122 cm³/mol. The number of hydrogen-bond acceptors (Lipinski definition) is 2. The van der Waals surface area contributed by atoms with Gasteiger partial charge in [0.05, 0.1) is 5.41 Å². The molecule has 2 N–H and O–H groups in total. The second kappa shape index (κ2) is 14.1. The van der Waals surface area contributed by atoms with E-state index in [9.17, 15) is 14.7 Å². The fourth-order valence-corrected chi connectivity index (χ4v) is 6.36. The molecule has 2 saturated carbocycles. The van der Waals surface area contributed by atoms with Gasteiger partial charge < -0.3 is 10.2 Å². The molecular weight excluding hydrogens is 376 g/mol. The Labute approximate surface area is 184 Å². The molecule has 0 aromatic heterocycles. The van der Waals surface area contributed by atoms with Gasteiger partial charge in [0.25, 0.3) is 0 Å². The summed E-state index contributed by atoms with van der Waals surface area (Å²) in [4.78, 5) is 23.0. The van der Waals surface area contributed by atoms with E-state index in [0.29, 0.717) is 18.3 Å². The lowest BCUT2D eigenvalue weighted by atomic mass is 9.62. The zero-order valence-electron chi connectivity index (χ0n) is 19.2. The van der Waals surface area contributed by atoms with Crippen LogP contribution in [0.5, 0.6) is 0 Å². The molecule has 4 nitrogen and oxygen atoms in total. The molecule has 0 bridgehead atoms. The van der Waals surface area contributed by atoms with Crippen LogP contribution in [0.1, 0.15) is 135 Å². The van der Waals surface area contributed by atoms with Gasteiger partial charge in [-0.05, 0) is 50.4 Å². The van der Waals surface area contributed by atoms with Crippen molar-refractivity contribution in [1.29, 1.82) is 0 Å². The normalized spacial score (nSPS) is 18.3. The molecule has 0 atom stereocenters.